The lowest BCUT2D eigenvalue weighted by Gasteiger charge is -2.04. The average Bonchev–Trinajstić information content (AvgIpc) is 2.64. The van der Waals surface area contributed by atoms with E-state index in [-0.39, 0.29) is 5.76 Å². The van der Waals surface area contributed by atoms with Crippen LogP contribution in [0.25, 0.3) is 0 Å². The fraction of sp³-hybridized carbons (Fsp3) is 0.462. The first kappa shape index (κ1) is 14.5. The highest BCUT2D eigenvalue weighted by Crippen LogP contribution is 2.14. The monoisotopic (exact) mass is 253 g/mol. The molecule has 5 heteroatoms. The number of hydrogen-bond donors (Lipinski definition) is 2. The molecule has 0 aromatic carbocycles. The van der Waals surface area contributed by atoms with Crippen molar-refractivity contribution in [2.75, 3.05) is 19.8 Å². The Kier molecular flexibility index (Phi) is 5.61. The van der Waals surface area contributed by atoms with E-state index in [0.717, 1.165) is 5.57 Å². The van der Waals surface area contributed by atoms with Gasteiger partial charge in [0.2, 0.25) is 5.76 Å². The molecule has 0 radical (unpaired) electrons. The van der Waals surface area contributed by atoms with Gasteiger partial charge in [-0.05, 0) is 19.9 Å². The van der Waals surface area contributed by atoms with Crippen molar-refractivity contribution >= 4 is 5.97 Å². The summed E-state index contributed by atoms with van der Waals surface area (Å²) in [6.45, 7) is 9.67. The zero-order valence-electron chi connectivity index (χ0n) is 10.8. The lowest BCUT2D eigenvalue weighted by molar-refractivity contribution is 0.0659. The lowest BCUT2D eigenvalue weighted by Crippen LogP contribution is -2.19. The van der Waals surface area contributed by atoms with Crippen LogP contribution in [-0.2, 0) is 11.3 Å². The number of carboxylic acid groups (broad SMARTS) is 1. The van der Waals surface area contributed by atoms with Crippen LogP contribution in [0.2, 0.25) is 0 Å². The highest BCUT2D eigenvalue weighted by atomic mass is 16.5. The smallest absolute Gasteiger partial charge is 0.372 e. The predicted octanol–water partition coefficient (Wildman–Crippen LogP) is 1.97. The van der Waals surface area contributed by atoms with Gasteiger partial charge < -0.3 is 19.6 Å². The van der Waals surface area contributed by atoms with Crippen molar-refractivity contribution in [3.05, 3.63) is 35.3 Å². The largest absolute Gasteiger partial charge is 0.475 e. The van der Waals surface area contributed by atoms with Crippen LogP contribution in [0.4, 0.5) is 0 Å². The molecule has 0 bridgehead atoms. The molecule has 0 amide bonds. The van der Waals surface area contributed by atoms with Gasteiger partial charge in [-0.2, -0.15) is 0 Å². The van der Waals surface area contributed by atoms with Crippen LogP contribution in [-0.4, -0.2) is 30.8 Å². The summed E-state index contributed by atoms with van der Waals surface area (Å²) in [6.07, 6.45) is 0. The van der Waals surface area contributed by atoms with Crippen LogP contribution >= 0.6 is 0 Å². The van der Waals surface area contributed by atoms with E-state index in [1.165, 1.54) is 0 Å². The Morgan fingerprint density at radius 1 is 1.61 bits per heavy atom. The molecule has 18 heavy (non-hydrogen) atoms. The highest BCUT2D eigenvalue weighted by Gasteiger charge is 2.13. The Bertz CT molecular complexity index is 423. The number of nitrogens with one attached hydrogen (secondary N) is 1. The van der Waals surface area contributed by atoms with Crippen LogP contribution in [0, 0.1) is 6.92 Å². The molecule has 2 N–H and O–H groups in total. The Balaban J connectivity index is 2.25. The van der Waals surface area contributed by atoms with Gasteiger partial charge in [-0.15, -0.1) is 0 Å². The zero-order chi connectivity index (χ0) is 13.5. The summed E-state index contributed by atoms with van der Waals surface area (Å²) in [6, 6.07) is 1.73. The summed E-state index contributed by atoms with van der Waals surface area (Å²) in [5.74, 6) is -0.418. The van der Waals surface area contributed by atoms with Gasteiger partial charge >= 0.3 is 5.97 Å². The van der Waals surface area contributed by atoms with E-state index >= 15 is 0 Å². The number of carbonyl (C=O) groups is 1. The van der Waals surface area contributed by atoms with E-state index in [1.54, 1.807) is 13.0 Å². The summed E-state index contributed by atoms with van der Waals surface area (Å²) in [4.78, 5) is 10.8. The van der Waals surface area contributed by atoms with E-state index in [9.17, 15) is 4.79 Å². The molecule has 0 unspecified atom stereocenters. The molecule has 1 aromatic rings. The molecule has 0 atom stereocenters. The molecule has 0 aliphatic carbocycles. The Labute approximate surface area is 106 Å². The van der Waals surface area contributed by atoms with E-state index in [2.05, 4.69) is 11.9 Å². The van der Waals surface area contributed by atoms with Crippen LogP contribution in [0.5, 0.6) is 0 Å². The van der Waals surface area contributed by atoms with Gasteiger partial charge in [0, 0.05) is 12.1 Å². The lowest BCUT2D eigenvalue weighted by atomic mass is 10.2. The number of rotatable bonds is 8. The van der Waals surface area contributed by atoms with Crippen molar-refractivity contribution in [1.82, 2.24) is 5.32 Å². The number of hydrogen-bond acceptors (Lipinski definition) is 4. The minimum Gasteiger partial charge on any atom is -0.475 e. The van der Waals surface area contributed by atoms with Crippen molar-refractivity contribution in [1.29, 1.82) is 0 Å². The van der Waals surface area contributed by atoms with Gasteiger partial charge in [0.15, 0.2) is 0 Å². The quantitative estimate of drug-likeness (QED) is 0.547. The molecule has 0 spiro atoms. The van der Waals surface area contributed by atoms with Crippen molar-refractivity contribution in [3.63, 3.8) is 0 Å². The van der Waals surface area contributed by atoms with E-state index in [1.807, 2.05) is 6.92 Å². The average molecular weight is 253 g/mol. The maximum absolute atomic E-state index is 10.8. The van der Waals surface area contributed by atoms with Gasteiger partial charge in [-0.25, -0.2) is 4.79 Å². The van der Waals surface area contributed by atoms with Gasteiger partial charge in [-0.3, -0.25) is 0 Å². The summed E-state index contributed by atoms with van der Waals surface area (Å²) in [5.41, 5.74) is 1.63. The molecule has 5 nitrogen and oxygen atoms in total. The second-order valence-electron chi connectivity index (χ2n) is 4.22. The topological polar surface area (TPSA) is 71.7 Å². The van der Waals surface area contributed by atoms with Crippen LogP contribution < -0.4 is 5.32 Å². The van der Waals surface area contributed by atoms with Crippen molar-refractivity contribution < 1.29 is 19.1 Å². The number of furan rings is 1. The van der Waals surface area contributed by atoms with Gasteiger partial charge in [-0.1, -0.05) is 12.2 Å². The highest BCUT2D eigenvalue weighted by molar-refractivity contribution is 5.86. The molecule has 0 aliphatic heterocycles. The molecule has 100 valence electrons. The third kappa shape index (κ3) is 4.73. The standard InChI is InChI=1S/C13H19NO4/c1-9(2)8-17-5-4-14-7-11-6-10(3)12(18-11)13(15)16/h6,14H,1,4-5,7-8H2,2-3H3,(H,15,16). The fourth-order valence-corrected chi connectivity index (χ4v) is 1.45. The van der Waals surface area contributed by atoms with Crippen molar-refractivity contribution in [2.45, 2.75) is 20.4 Å². The van der Waals surface area contributed by atoms with E-state index in [0.29, 0.717) is 37.6 Å². The summed E-state index contributed by atoms with van der Waals surface area (Å²) < 4.78 is 10.5. The van der Waals surface area contributed by atoms with Crippen LogP contribution in [0.1, 0.15) is 28.8 Å². The number of aromatic carboxylic acids is 1. The molecular formula is C13H19NO4. The maximum atomic E-state index is 10.8. The Hall–Kier alpha value is -1.59. The Morgan fingerprint density at radius 3 is 2.89 bits per heavy atom. The summed E-state index contributed by atoms with van der Waals surface area (Å²) in [7, 11) is 0. The van der Waals surface area contributed by atoms with Gasteiger partial charge in [0.1, 0.15) is 5.76 Å². The van der Waals surface area contributed by atoms with Crippen molar-refractivity contribution in [3.8, 4) is 0 Å². The number of carboxylic acids is 1. The SMILES string of the molecule is C=C(C)COCCNCc1cc(C)c(C(=O)O)o1. The minimum atomic E-state index is -1.04. The first-order valence-corrected chi connectivity index (χ1v) is 5.76. The Morgan fingerprint density at radius 2 is 2.33 bits per heavy atom. The third-order valence-corrected chi connectivity index (χ3v) is 2.23. The minimum absolute atomic E-state index is 0.00494. The molecule has 0 fully saturated rings. The predicted molar refractivity (Wildman–Crippen MR) is 67.7 cm³/mol. The molecule has 0 saturated carbocycles. The molecule has 1 aromatic heterocycles. The normalized spacial score (nSPS) is 10.6. The molecule has 0 saturated heterocycles. The molecule has 1 heterocycles. The number of aryl methyl sites for hydroxylation is 1. The third-order valence-electron chi connectivity index (χ3n) is 2.23. The maximum Gasteiger partial charge on any atom is 0.372 e. The zero-order valence-corrected chi connectivity index (χ0v) is 10.8. The molecule has 1 rings (SSSR count). The molecule has 0 aliphatic rings. The van der Waals surface area contributed by atoms with Gasteiger partial charge in [0.25, 0.3) is 0 Å². The fourth-order valence-electron chi connectivity index (χ4n) is 1.45. The summed E-state index contributed by atoms with van der Waals surface area (Å²) >= 11 is 0. The van der Waals surface area contributed by atoms with E-state index in [4.69, 9.17) is 14.3 Å². The second kappa shape index (κ2) is 6.98. The van der Waals surface area contributed by atoms with Gasteiger partial charge in [0.05, 0.1) is 19.8 Å². The first-order chi connectivity index (χ1) is 8.50. The van der Waals surface area contributed by atoms with Crippen molar-refractivity contribution in [2.24, 2.45) is 0 Å². The van der Waals surface area contributed by atoms with E-state index < -0.39 is 5.97 Å². The molecular weight excluding hydrogens is 234 g/mol. The second-order valence-corrected chi connectivity index (χ2v) is 4.22. The number of ether oxygens (including phenoxy) is 1. The van der Waals surface area contributed by atoms with Crippen LogP contribution in [0.15, 0.2) is 22.6 Å². The van der Waals surface area contributed by atoms with Crippen LogP contribution in [0.3, 0.4) is 0 Å². The summed E-state index contributed by atoms with van der Waals surface area (Å²) in [5, 5.41) is 11.9. The first-order valence-electron chi connectivity index (χ1n) is 5.76.